The predicted octanol–water partition coefficient (Wildman–Crippen LogP) is 2.27. The van der Waals surface area contributed by atoms with Crippen molar-refractivity contribution in [3.05, 3.63) is 41.6 Å². The molecule has 0 radical (unpaired) electrons. The first kappa shape index (κ1) is 16.0. The Balaban J connectivity index is 1.56. The van der Waals surface area contributed by atoms with Crippen LogP contribution in [0.4, 0.5) is 0 Å². The molecule has 124 valence electrons. The summed E-state index contributed by atoms with van der Waals surface area (Å²) in [6, 6.07) is 8.40. The van der Waals surface area contributed by atoms with Crippen molar-refractivity contribution in [2.75, 3.05) is 33.3 Å². The molecule has 0 N–H and O–H groups in total. The van der Waals surface area contributed by atoms with E-state index in [2.05, 4.69) is 39.1 Å². The highest BCUT2D eigenvalue weighted by atomic mass is 16.5. The number of nitrogens with zero attached hydrogens (tertiary/aromatic N) is 4. The van der Waals surface area contributed by atoms with Crippen LogP contribution in [0.15, 0.2) is 28.7 Å². The lowest BCUT2D eigenvalue weighted by atomic mass is 10.1. The first-order valence-electron chi connectivity index (χ1n) is 8.05. The van der Waals surface area contributed by atoms with Crippen molar-refractivity contribution in [2.24, 2.45) is 0 Å². The van der Waals surface area contributed by atoms with Crippen LogP contribution < -0.4 is 4.74 Å². The van der Waals surface area contributed by atoms with Crippen LogP contribution in [0.5, 0.6) is 5.75 Å². The van der Waals surface area contributed by atoms with Gasteiger partial charge in [0.2, 0.25) is 11.8 Å². The second-order valence-corrected chi connectivity index (χ2v) is 5.96. The Bertz CT molecular complexity index is 635. The molecule has 0 amide bonds. The Morgan fingerprint density at radius 3 is 2.57 bits per heavy atom. The third kappa shape index (κ3) is 3.71. The molecule has 23 heavy (non-hydrogen) atoms. The van der Waals surface area contributed by atoms with Crippen molar-refractivity contribution in [3.8, 4) is 5.75 Å². The molecule has 3 rings (SSSR count). The van der Waals surface area contributed by atoms with Crippen LogP contribution in [0.1, 0.15) is 30.3 Å². The molecule has 1 aromatic carbocycles. The molecular formula is C17H24N4O2. The van der Waals surface area contributed by atoms with Gasteiger partial charge in [-0.25, -0.2) is 0 Å². The van der Waals surface area contributed by atoms with Crippen molar-refractivity contribution in [2.45, 2.75) is 26.4 Å². The highest BCUT2D eigenvalue weighted by Crippen LogP contribution is 2.23. The summed E-state index contributed by atoms with van der Waals surface area (Å²) in [6.07, 6.45) is 0. The molecule has 0 bridgehead atoms. The van der Waals surface area contributed by atoms with E-state index >= 15 is 0 Å². The van der Waals surface area contributed by atoms with E-state index in [0.717, 1.165) is 38.5 Å². The molecule has 2 aromatic rings. The van der Waals surface area contributed by atoms with Gasteiger partial charge >= 0.3 is 0 Å². The summed E-state index contributed by atoms with van der Waals surface area (Å²) >= 11 is 0. The van der Waals surface area contributed by atoms with E-state index in [1.54, 1.807) is 7.11 Å². The van der Waals surface area contributed by atoms with Gasteiger partial charge in [-0.05, 0) is 13.0 Å². The van der Waals surface area contributed by atoms with Crippen LogP contribution in [0, 0.1) is 6.92 Å². The summed E-state index contributed by atoms with van der Waals surface area (Å²) in [4.78, 5) is 4.85. The molecule has 1 aliphatic rings. The van der Waals surface area contributed by atoms with Crippen LogP contribution >= 0.6 is 0 Å². The molecule has 1 aromatic heterocycles. The number of ether oxygens (including phenoxy) is 1. The zero-order chi connectivity index (χ0) is 16.2. The molecule has 1 atom stereocenters. The smallest absolute Gasteiger partial charge is 0.233 e. The van der Waals surface area contributed by atoms with Crippen molar-refractivity contribution in [1.29, 1.82) is 0 Å². The van der Waals surface area contributed by atoms with E-state index in [4.69, 9.17) is 9.15 Å². The summed E-state index contributed by atoms with van der Waals surface area (Å²) in [5.74, 6) is 2.30. The van der Waals surface area contributed by atoms with Crippen molar-refractivity contribution >= 4 is 0 Å². The minimum absolute atomic E-state index is 0.171. The maximum atomic E-state index is 5.56. The summed E-state index contributed by atoms with van der Waals surface area (Å²) < 4.78 is 11.0. The van der Waals surface area contributed by atoms with E-state index in [-0.39, 0.29) is 6.04 Å². The van der Waals surface area contributed by atoms with Gasteiger partial charge in [0.25, 0.3) is 0 Å². The molecule has 0 unspecified atom stereocenters. The standard InChI is InChI=1S/C17H24N4O2/c1-13(17-19-18-14(2)23-17)21-10-8-20(9-11-21)12-15-6-4-5-7-16(15)22-3/h4-7,13H,8-12H2,1-3H3/t13-/m1/s1. The monoisotopic (exact) mass is 316 g/mol. The number of methoxy groups -OCH3 is 1. The fourth-order valence-electron chi connectivity index (χ4n) is 3.02. The molecule has 1 aliphatic heterocycles. The number of aromatic nitrogens is 2. The van der Waals surface area contributed by atoms with Gasteiger partial charge < -0.3 is 9.15 Å². The topological polar surface area (TPSA) is 54.6 Å². The summed E-state index contributed by atoms with van der Waals surface area (Å²) in [6.45, 7) is 8.92. The third-order valence-electron chi connectivity index (χ3n) is 4.44. The largest absolute Gasteiger partial charge is 0.496 e. The second-order valence-electron chi connectivity index (χ2n) is 5.96. The normalized spacial score (nSPS) is 18.0. The molecule has 6 nitrogen and oxygen atoms in total. The predicted molar refractivity (Wildman–Crippen MR) is 87.3 cm³/mol. The summed E-state index contributed by atoms with van der Waals surface area (Å²) in [5.41, 5.74) is 1.24. The maximum Gasteiger partial charge on any atom is 0.233 e. The van der Waals surface area contributed by atoms with Gasteiger partial charge in [-0.15, -0.1) is 10.2 Å². The summed E-state index contributed by atoms with van der Waals surface area (Å²) in [5, 5.41) is 8.07. The van der Waals surface area contributed by atoms with Gasteiger partial charge in [0.1, 0.15) is 5.75 Å². The molecular weight excluding hydrogens is 292 g/mol. The van der Waals surface area contributed by atoms with Gasteiger partial charge in [-0.3, -0.25) is 9.80 Å². The highest BCUT2D eigenvalue weighted by Gasteiger charge is 2.25. The molecule has 0 aliphatic carbocycles. The van der Waals surface area contributed by atoms with Gasteiger partial charge in [0, 0.05) is 45.2 Å². The number of piperazine rings is 1. The van der Waals surface area contributed by atoms with Gasteiger partial charge in [-0.2, -0.15) is 0 Å². The number of aryl methyl sites for hydroxylation is 1. The lowest BCUT2D eigenvalue weighted by molar-refractivity contribution is 0.0865. The fraction of sp³-hybridized carbons (Fsp3) is 0.529. The number of rotatable bonds is 5. The second kappa shape index (κ2) is 7.10. The van der Waals surface area contributed by atoms with E-state index in [9.17, 15) is 0 Å². The Kier molecular flexibility index (Phi) is 4.93. The molecule has 1 saturated heterocycles. The number of hydrogen-bond donors (Lipinski definition) is 0. The van der Waals surface area contributed by atoms with Crippen LogP contribution in [-0.4, -0.2) is 53.3 Å². The zero-order valence-corrected chi connectivity index (χ0v) is 14.0. The van der Waals surface area contributed by atoms with Crippen LogP contribution in [0.25, 0.3) is 0 Å². The van der Waals surface area contributed by atoms with E-state index in [0.29, 0.717) is 11.8 Å². The minimum atomic E-state index is 0.171. The van der Waals surface area contributed by atoms with Crippen LogP contribution in [0.3, 0.4) is 0 Å². The zero-order valence-electron chi connectivity index (χ0n) is 14.0. The Morgan fingerprint density at radius 2 is 1.91 bits per heavy atom. The molecule has 0 spiro atoms. The molecule has 1 fully saturated rings. The van der Waals surface area contributed by atoms with Crippen LogP contribution in [-0.2, 0) is 6.54 Å². The Labute approximate surface area is 137 Å². The first-order valence-corrected chi connectivity index (χ1v) is 8.05. The fourth-order valence-corrected chi connectivity index (χ4v) is 3.02. The Morgan fingerprint density at radius 1 is 1.17 bits per heavy atom. The average Bonchev–Trinajstić information content (AvgIpc) is 3.02. The molecule has 0 saturated carbocycles. The molecule has 6 heteroatoms. The van der Waals surface area contributed by atoms with Crippen molar-refractivity contribution in [1.82, 2.24) is 20.0 Å². The minimum Gasteiger partial charge on any atom is -0.496 e. The lowest BCUT2D eigenvalue weighted by Crippen LogP contribution is -2.46. The van der Waals surface area contributed by atoms with Gasteiger partial charge in [0.05, 0.1) is 13.2 Å². The number of para-hydroxylation sites is 1. The SMILES string of the molecule is COc1ccccc1CN1CCN([C@H](C)c2nnc(C)o2)CC1. The number of benzene rings is 1. The third-order valence-corrected chi connectivity index (χ3v) is 4.44. The van der Waals surface area contributed by atoms with Crippen molar-refractivity contribution in [3.63, 3.8) is 0 Å². The highest BCUT2D eigenvalue weighted by molar-refractivity contribution is 5.33. The summed E-state index contributed by atoms with van der Waals surface area (Å²) in [7, 11) is 1.73. The quantitative estimate of drug-likeness (QED) is 0.843. The Hall–Kier alpha value is -1.92. The van der Waals surface area contributed by atoms with Crippen molar-refractivity contribution < 1.29 is 9.15 Å². The van der Waals surface area contributed by atoms with E-state index in [1.807, 2.05) is 19.1 Å². The lowest BCUT2D eigenvalue weighted by Gasteiger charge is -2.37. The average molecular weight is 316 g/mol. The maximum absolute atomic E-state index is 5.56. The van der Waals surface area contributed by atoms with Gasteiger partial charge in [0.15, 0.2) is 0 Å². The van der Waals surface area contributed by atoms with E-state index in [1.165, 1.54) is 5.56 Å². The number of hydrogen-bond acceptors (Lipinski definition) is 6. The first-order chi connectivity index (χ1) is 11.2. The van der Waals surface area contributed by atoms with Gasteiger partial charge in [-0.1, -0.05) is 18.2 Å². The van der Waals surface area contributed by atoms with Crippen LogP contribution in [0.2, 0.25) is 0 Å². The van der Waals surface area contributed by atoms with E-state index < -0.39 is 0 Å². The molecule has 2 heterocycles.